The Hall–Kier alpha value is -4.14. The van der Waals surface area contributed by atoms with Crippen molar-refractivity contribution in [2.75, 3.05) is 13.6 Å². The molecule has 5 rings (SSSR count). The third-order valence-electron chi connectivity index (χ3n) is 5.06. The standard InChI is InChI=1S/C23H19NO8/c1-24-9-16(22(25)27-10-14-2-4-18-20(6-14)31-12-29-18)8-17(24)23(26)28-11-15-3-5-19-21(7-15)32-13-30-19/h2-9H,10-13H2,1H3. The van der Waals surface area contributed by atoms with Crippen molar-refractivity contribution in [3.05, 3.63) is 71.0 Å². The van der Waals surface area contributed by atoms with Crippen LogP contribution in [0, 0.1) is 0 Å². The Morgan fingerprint density at radius 1 is 0.781 bits per heavy atom. The van der Waals surface area contributed by atoms with Crippen LogP contribution in [0.2, 0.25) is 0 Å². The second-order valence-electron chi connectivity index (χ2n) is 7.25. The minimum Gasteiger partial charge on any atom is -0.457 e. The van der Waals surface area contributed by atoms with E-state index in [1.807, 2.05) is 0 Å². The SMILES string of the molecule is Cn1cc(C(=O)OCc2ccc3c(c2)OCO3)cc1C(=O)OCc1ccc2c(c1)OCO2. The first-order valence-electron chi connectivity index (χ1n) is 9.84. The molecule has 0 radical (unpaired) electrons. The molecule has 3 aromatic rings. The van der Waals surface area contributed by atoms with E-state index < -0.39 is 11.9 Å². The van der Waals surface area contributed by atoms with Crippen molar-refractivity contribution in [2.45, 2.75) is 13.2 Å². The summed E-state index contributed by atoms with van der Waals surface area (Å²) in [6.07, 6.45) is 1.53. The van der Waals surface area contributed by atoms with E-state index >= 15 is 0 Å². The average molecular weight is 437 g/mol. The number of esters is 2. The van der Waals surface area contributed by atoms with E-state index in [0.29, 0.717) is 23.0 Å². The van der Waals surface area contributed by atoms with Crippen molar-refractivity contribution >= 4 is 11.9 Å². The fourth-order valence-electron chi connectivity index (χ4n) is 3.40. The van der Waals surface area contributed by atoms with Crippen LogP contribution in [0.5, 0.6) is 23.0 Å². The lowest BCUT2D eigenvalue weighted by atomic mass is 10.2. The van der Waals surface area contributed by atoms with Crippen LogP contribution in [0.4, 0.5) is 0 Å². The summed E-state index contributed by atoms with van der Waals surface area (Å²) < 4.78 is 33.5. The lowest BCUT2D eigenvalue weighted by molar-refractivity contribution is 0.0460. The number of carbonyl (C=O) groups excluding carboxylic acids is 2. The highest BCUT2D eigenvalue weighted by Gasteiger charge is 2.20. The van der Waals surface area contributed by atoms with Gasteiger partial charge in [-0.2, -0.15) is 0 Å². The van der Waals surface area contributed by atoms with Gasteiger partial charge in [0.05, 0.1) is 5.56 Å². The number of hydrogen-bond acceptors (Lipinski definition) is 8. The lowest BCUT2D eigenvalue weighted by Gasteiger charge is -2.06. The predicted molar refractivity (Wildman–Crippen MR) is 109 cm³/mol. The molecule has 9 heteroatoms. The zero-order chi connectivity index (χ0) is 22.1. The van der Waals surface area contributed by atoms with Crippen LogP contribution in [0.15, 0.2) is 48.7 Å². The summed E-state index contributed by atoms with van der Waals surface area (Å²) in [5, 5.41) is 0. The summed E-state index contributed by atoms with van der Waals surface area (Å²) >= 11 is 0. The molecule has 0 N–H and O–H groups in total. The van der Waals surface area contributed by atoms with Crippen molar-refractivity contribution in [3.63, 3.8) is 0 Å². The quantitative estimate of drug-likeness (QED) is 0.543. The van der Waals surface area contributed by atoms with Crippen LogP contribution in [0.25, 0.3) is 0 Å². The maximum atomic E-state index is 12.5. The predicted octanol–water partition coefficient (Wildman–Crippen LogP) is 3.20. The topological polar surface area (TPSA) is 94.5 Å². The van der Waals surface area contributed by atoms with Crippen LogP contribution in [-0.2, 0) is 29.7 Å². The molecule has 0 aliphatic carbocycles. The fraction of sp³-hybridized carbons (Fsp3) is 0.217. The molecule has 32 heavy (non-hydrogen) atoms. The van der Waals surface area contributed by atoms with Crippen molar-refractivity contribution in [3.8, 4) is 23.0 Å². The number of nitrogens with zero attached hydrogens (tertiary/aromatic N) is 1. The van der Waals surface area contributed by atoms with Gasteiger partial charge in [-0.25, -0.2) is 9.59 Å². The smallest absolute Gasteiger partial charge is 0.355 e. The van der Waals surface area contributed by atoms with Crippen molar-refractivity contribution in [1.82, 2.24) is 4.57 Å². The highest BCUT2D eigenvalue weighted by molar-refractivity contribution is 5.95. The van der Waals surface area contributed by atoms with E-state index in [9.17, 15) is 9.59 Å². The molecule has 0 saturated heterocycles. The molecule has 0 saturated carbocycles. The summed E-state index contributed by atoms with van der Waals surface area (Å²) in [5.41, 5.74) is 2.02. The lowest BCUT2D eigenvalue weighted by Crippen LogP contribution is -2.09. The van der Waals surface area contributed by atoms with Gasteiger partial charge in [-0.1, -0.05) is 12.1 Å². The molecule has 0 bridgehead atoms. The zero-order valence-electron chi connectivity index (χ0n) is 17.2. The summed E-state index contributed by atoms with van der Waals surface area (Å²) in [7, 11) is 1.66. The molecule has 3 heterocycles. The number of aryl methyl sites for hydroxylation is 1. The van der Waals surface area contributed by atoms with Gasteiger partial charge in [0.2, 0.25) is 13.6 Å². The molecule has 0 amide bonds. The minimum atomic E-state index is -0.556. The Labute approximate surface area is 183 Å². The number of fused-ring (bicyclic) bond motifs is 2. The molecule has 0 unspecified atom stereocenters. The van der Waals surface area contributed by atoms with Crippen molar-refractivity contribution in [2.24, 2.45) is 7.05 Å². The Bertz CT molecular complexity index is 1200. The molecule has 164 valence electrons. The largest absolute Gasteiger partial charge is 0.457 e. The molecular formula is C23H19NO8. The van der Waals surface area contributed by atoms with E-state index in [1.165, 1.54) is 16.8 Å². The molecule has 0 fully saturated rings. The number of rotatable bonds is 6. The van der Waals surface area contributed by atoms with E-state index in [2.05, 4.69) is 0 Å². The van der Waals surface area contributed by atoms with Crippen LogP contribution in [-0.4, -0.2) is 30.1 Å². The van der Waals surface area contributed by atoms with Gasteiger partial charge in [-0.05, 0) is 41.5 Å². The maximum Gasteiger partial charge on any atom is 0.355 e. The maximum absolute atomic E-state index is 12.5. The molecular weight excluding hydrogens is 418 g/mol. The molecule has 0 spiro atoms. The van der Waals surface area contributed by atoms with Crippen molar-refractivity contribution in [1.29, 1.82) is 0 Å². The first kappa shape index (κ1) is 19.8. The normalized spacial score (nSPS) is 13.2. The molecule has 0 atom stereocenters. The number of hydrogen-bond donors (Lipinski definition) is 0. The number of carbonyl (C=O) groups is 2. The Morgan fingerprint density at radius 3 is 1.91 bits per heavy atom. The Morgan fingerprint density at radius 2 is 1.31 bits per heavy atom. The second kappa shape index (κ2) is 8.18. The van der Waals surface area contributed by atoms with Gasteiger partial charge in [-0.3, -0.25) is 0 Å². The van der Waals surface area contributed by atoms with Crippen LogP contribution in [0.1, 0.15) is 32.0 Å². The summed E-state index contributed by atoms with van der Waals surface area (Å²) in [4.78, 5) is 25.0. The van der Waals surface area contributed by atoms with Gasteiger partial charge in [0.25, 0.3) is 0 Å². The number of ether oxygens (including phenoxy) is 6. The van der Waals surface area contributed by atoms with Gasteiger partial charge in [0.15, 0.2) is 23.0 Å². The molecule has 2 aliphatic heterocycles. The Kier molecular flexibility index (Phi) is 5.06. The van der Waals surface area contributed by atoms with Crippen LogP contribution >= 0.6 is 0 Å². The number of benzene rings is 2. The second-order valence-corrected chi connectivity index (χ2v) is 7.25. The first-order chi connectivity index (χ1) is 15.6. The zero-order valence-corrected chi connectivity index (χ0v) is 17.2. The first-order valence-corrected chi connectivity index (χ1v) is 9.84. The minimum absolute atomic E-state index is 0.0601. The van der Waals surface area contributed by atoms with Gasteiger partial charge in [0, 0.05) is 13.2 Å². The molecule has 1 aromatic heterocycles. The summed E-state index contributed by atoms with van der Waals surface area (Å²) in [6.45, 7) is 0.477. The van der Waals surface area contributed by atoms with E-state index in [1.54, 1.807) is 43.4 Å². The van der Waals surface area contributed by atoms with Gasteiger partial charge < -0.3 is 33.0 Å². The molecule has 9 nitrogen and oxygen atoms in total. The van der Waals surface area contributed by atoms with Gasteiger partial charge in [-0.15, -0.1) is 0 Å². The van der Waals surface area contributed by atoms with Crippen LogP contribution < -0.4 is 18.9 Å². The summed E-state index contributed by atoms with van der Waals surface area (Å²) in [6, 6.07) is 12.1. The number of aromatic nitrogens is 1. The van der Waals surface area contributed by atoms with E-state index in [0.717, 1.165) is 11.1 Å². The average Bonchev–Trinajstić information content (AvgIpc) is 3.54. The molecule has 2 aliphatic rings. The summed E-state index contributed by atoms with van der Waals surface area (Å²) in [5.74, 6) is 1.45. The van der Waals surface area contributed by atoms with Crippen LogP contribution in [0.3, 0.4) is 0 Å². The van der Waals surface area contributed by atoms with E-state index in [-0.39, 0.29) is 38.1 Å². The highest BCUT2D eigenvalue weighted by atomic mass is 16.7. The van der Waals surface area contributed by atoms with Crippen molar-refractivity contribution < 1.29 is 38.0 Å². The van der Waals surface area contributed by atoms with Gasteiger partial charge >= 0.3 is 11.9 Å². The monoisotopic (exact) mass is 437 g/mol. The fourth-order valence-corrected chi connectivity index (χ4v) is 3.40. The molecule has 2 aromatic carbocycles. The third kappa shape index (κ3) is 3.92. The van der Waals surface area contributed by atoms with Gasteiger partial charge in [0.1, 0.15) is 18.9 Å². The third-order valence-corrected chi connectivity index (χ3v) is 5.06. The van der Waals surface area contributed by atoms with E-state index in [4.69, 9.17) is 28.4 Å². The Balaban J connectivity index is 1.19. The highest BCUT2D eigenvalue weighted by Crippen LogP contribution is 2.33.